The van der Waals surface area contributed by atoms with Crippen molar-refractivity contribution in [3.63, 3.8) is 0 Å². The molecular formula is C17H42Cl3N3. The molecule has 0 rings (SSSR count). The van der Waals surface area contributed by atoms with Crippen LogP contribution in [0.4, 0.5) is 0 Å². The van der Waals surface area contributed by atoms with E-state index in [0.717, 1.165) is 25.2 Å². The summed E-state index contributed by atoms with van der Waals surface area (Å²) in [4.78, 5) is 0. The Morgan fingerprint density at radius 1 is 0.652 bits per heavy atom. The zero-order chi connectivity index (χ0) is 15.3. The highest BCUT2D eigenvalue weighted by Crippen LogP contribution is 2.20. The van der Waals surface area contributed by atoms with Gasteiger partial charge in [-0.25, -0.2) is 0 Å². The molecule has 0 fully saturated rings. The van der Waals surface area contributed by atoms with Gasteiger partial charge in [-0.2, -0.15) is 0 Å². The predicted molar refractivity (Wildman–Crippen MR) is 112 cm³/mol. The van der Waals surface area contributed by atoms with Gasteiger partial charge in [0.15, 0.2) is 0 Å². The highest BCUT2D eigenvalue weighted by molar-refractivity contribution is 5.86. The van der Waals surface area contributed by atoms with Crippen molar-refractivity contribution >= 4 is 37.2 Å². The minimum Gasteiger partial charge on any atom is -0.330 e. The van der Waals surface area contributed by atoms with Crippen molar-refractivity contribution in [1.29, 1.82) is 0 Å². The third kappa shape index (κ3) is 20.7. The van der Waals surface area contributed by atoms with Crippen LogP contribution in [0, 0.1) is 5.92 Å². The molecule has 0 spiro atoms. The molecule has 0 aromatic heterocycles. The van der Waals surface area contributed by atoms with E-state index in [1.807, 2.05) is 0 Å². The first-order valence-electron chi connectivity index (χ1n) is 8.73. The summed E-state index contributed by atoms with van der Waals surface area (Å²) in [7, 11) is 0. The van der Waals surface area contributed by atoms with Crippen LogP contribution in [0.1, 0.15) is 84.5 Å². The Hall–Kier alpha value is 0.750. The Balaban J connectivity index is -0.000000602. The average Bonchev–Trinajstić information content (AvgIpc) is 2.37. The van der Waals surface area contributed by atoms with Gasteiger partial charge in [-0.15, -0.1) is 37.2 Å². The van der Waals surface area contributed by atoms with Crippen molar-refractivity contribution in [3.8, 4) is 0 Å². The second kappa shape index (κ2) is 20.8. The molecule has 0 saturated heterocycles. The molecule has 0 bridgehead atoms. The van der Waals surface area contributed by atoms with E-state index in [4.69, 9.17) is 17.2 Å². The molecule has 0 aromatic rings. The van der Waals surface area contributed by atoms with Crippen molar-refractivity contribution in [2.75, 3.05) is 13.1 Å². The summed E-state index contributed by atoms with van der Waals surface area (Å²) >= 11 is 0. The van der Waals surface area contributed by atoms with Crippen LogP contribution in [-0.4, -0.2) is 18.6 Å². The van der Waals surface area contributed by atoms with E-state index in [1.54, 1.807) is 0 Å². The topological polar surface area (TPSA) is 78.1 Å². The van der Waals surface area contributed by atoms with Gasteiger partial charge in [-0.1, -0.05) is 65.2 Å². The third-order valence-corrected chi connectivity index (χ3v) is 4.24. The van der Waals surface area contributed by atoms with Gasteiger partial charge in [0, 0.05) is 5.54 Å². The number of hydrogen-bond acceptors (Lipinski definition) is 3. The third-order valence-electron chi connectivity index (χ3n) is 4.24. The summed E-state index contributed by atoms with van der Waals surface area (Å²) in [6.45, 7) is 5.96. The van der Waals surface area contributed by atoms with E-state index in [2.05, 4.69) is 13.8 Å². The molecule has 0 atom stereocenters. The first-order chi connectivity index (χ1) is 9.54. The highest BCUT2D eigenvalue weighted by atomic mass is 35.5. The predicted octanol–water partition coefficient (Wildman–Crippen LogP) is 4.81. The summed E-state index contributed by atoms with van der Waals surface area (Å²) in [6, 6.07) is 0. The highest BCUT2D eigenvalue weighted by Gasteiger charge is 2.22. The van der Waals surface area contributed by atoms with Crippen molar-refractivity contribution in [3.05, 3.63) is 0 Å². The number of hydrogen-bond donors (Lipinski definition) is 3. The van der Waals surface area contributed by atoms with Crippen LogP contribution in [0.25, 0.3) is 0 Å². The van der Waals surface area contributed by atoms with Crippen LogP contribution < -0.4 is 17.2 Å². The van der Waals surface area contributed by atoms with Crippen LogP contribution in [0.15, 0.2) is 0 Å². The van der Waals surface area contributed by atoms with E-state index < -0.39 is 0 Å². The van der Waals surface area contributed by atoms with Crippen molar-refractivity contribution < 1.29 is 0 Å². The van der Waals surface area contributed by atoms with E-state index in [1.165, 1.54) is 51.4 Å². The number of unbranched alkanes of at least 4 members (excludes halogenated alkanes) is 6. The SMILES string of the molecule is CC(C)CCCCCCCCCC(N)(CCN)CCN.Cl.Cl.Cl. The summed E-state index contributed by atoms with van der Waals surface area (Å²) in [5.41, 5.74) is 17.5. The fourth-order valence-electron chi connectivity index (χ4n) is 2.86. The van der Waals surface area contributed by atoms with E-state index in [-0.39, 0.29) is 42.8 Å². The van der Waals surface area contributed by atoms with E-state index >= 15 is 0 Å². The van der Waals surface area contributed by atoms with Crippen LogP contribution in [-0.2, 0) is 0 Å². The van der Waals surface area contributed by atoms with Gasteiger partial charge in [-0.3, -0.25) is 0 Å². The van der Waals surface area contributed by atoms with Crippen LogP contribution in [0.5, 0.6) is 0 Å². The van der Waals surface area contributed by atoms with Crippen molar-refractivity contribution in [1.82, 2.24) is 0 Å². The van der Waals surface area contributed by atoms with Crippen molar-refractivity contribution in [2.24, 2.45) is 23.1 Å². The Bertz CT molecular complexity index is 211. The second-order valence-corrected chi connectivity index (χ2v) is 6.85. The summed E-state index contributed by atoms with van der Waals surface area (Å²) in [5.74, 6) is 0.859. The lowest BCUT2D eigenvalue weighted by Gasteiger charge is -2.28. The Labute approximate surface area is 163 Å². The molecule has 23 heavy (non-hydrogen) atoms. The van der Waals surface area contributed by atoms with Gasteiger partial charge in [0.2, 0.25) is 0 Å². The lowest BCUT2D eigenvalue weighted by Crippen LogP contribution is -2.43. The van der Waals surface area contributed by atoms with Gasteiger partial charge < -0.3 is 17.2 Å². The van der Waals surface area contributed by atoms with E-state index in [9.17, 15) is 0 Å². The molecule has 3 nitrogen and oxygen atoms in total. The van der Waals surface area contributed by atoms with Gasteiger partial charge in [0.1, 0.15) is 0 Å². The van der Waals surface area contributed by atoms with Crippen molar-refractivity contribution in [2.45, 2.75) is 90.0 Å². The fourth-order valence-corrected chi connectivity index (χ4v) is 2.86. The molecule has 0 saturated carbocycles. The lowest BCUT2D eigenvalue weighted by molar-refractivity contribution is 0.334. The second-order valence-electron chi connectivity index (χ2n) is 6.85. The summed E-state index contributed by atoms with van der Waals surface area (Å²) < 4.78 is 0. The normalized spacial score (nSPS) is 10.7. The van der Waals surface area contributed by atoms with Crippen LogP contribution in [0.3, 0.4) is 0 Å². The molecular weight excluding hydrogens is 353 g/mol. The molecule has 0 unspecified atom stereocenters. The average molecular weight is 395 g/mol. The maximum absolute atomic E-state index is 6.37. The number of halogens is 3. The minimum atomic E-state index is -0.110. The molecule has 0 aliphatic carbocycles. The molecule has 0 radical (unpaired) electrons. The smallest absolute Gasteiger partial charge is 0.0178 e. The van der Waals surface area contributed by atoms with Gasteiger partial charge >= 0.3 is 0 Å². The Kier molecular flexibility index (Phi) is 28.5. The van der Waals surface area contributed by atoms with E-state index in [0.29, 0.717) is 13.1 Å². The monoisotopic (exact) mass is 393 g/mol. The fraction of sp³-hybridized carbons (Fsp3) is 1.00. The van der Waals surface area contributed by atoms with Crippen LogP contribution >= 0.6 is 37.2 Å². The van der Waals surface area contributed by atoms with Gasteiger partial charge in [-0.05, 0) is 38.3 Å². The molecule has 6 N–H and O–H groups in total. The largest absolute Gasteiger partial charge is 0.330 e. The van der Waals surface area contributed by atoms with Gasteiger partial charge in [0.25, 0.3) is 0 Å². The molecule has 0 aliphatic heterocycles. The summed E-state index contributed by atoms with van der Waals surface area (Å²) in [6.07, 6.45) is 13.7. The molecule has 0 aliphatic rings. The first-order valence-corrected chi connectivity index (χ1v) is 8.73. The zero-order valence-corrected chi connectivity index (χ0v) is 17.7. The Morgan fingerprint density at radius 2 is 1.04 bits per heavy atom. The molecule has 6 heteroatoms. The first kappa shape index (κ1) is 31.5. The standard InChI is InChI=1S/C17H39N3.3ClH/c1-16(2)10-8-6-4-3-5-7-9-11-17(20,12-14-18)13-15-19;;;/h16H,3-15,18-20H2,1-2H3;3*1H. The molecule has 0 aromatic carbocycles. The molecule has 146 valence electrons. The lowest BCUT2D eigenvalue weighted by atomic mass is 9.86. The molecule has 0 amide bonds. The zero-order valence-electron chi connectivity index (χ0n) is 15.2. The van der Waals surface area contributed by atoms with Gasteiger partial charge in [0.05, 0.1) is 0 Å². The quantitative estimate of drug-likeness (QED) is 0.370. The molecule has 0 heterocycles. The maximum Gasteiger partial charge on any atom is 0.0178 e. The summed E-state index contributed by atoms with van der Waals surface area (Å²) in [5, 5.41) is 0. The number of nitrogens with two attached hydrogens (primary N) is 3. The minimum absolute atomic E-state index is 0. The van der Waals surface area contributed by atoms with Crippen LogP contribution in [0.2, 0.25) is 0 Å². The number of rotatable bonds is 14. The Morgan fingerprint density at radius 3 is 1.43 bits per heavy atom. The maximum atomic E-state index is 6.37.